The monoisotopic (exact) mass is 227 g/mol. The van der Waals surface area contributed by atoms with Gasteiger partial charge in [0, 0.05) is 25.8 Å². The Labute approximate surface area is 94.3 Å². The average Bonchev–Trinajstić information content (AvgIpc) is 2.73. The van der Waals surface area contributed by atoms with Gasteiger partial charge in [0.25, 0.3) is 0 Å². The van der Waals surface area contributed by atoms with Crippen molar-refractivity contribution in [3.8, 4) is 0 Å². The minimum Gasteiger partial charge on any atom is -0.459 e. The number of carbonyl (C=O) groups excluding carboxylic acids is 1. The van der Waals surface area contributed by atoms with Crippen molar-refractivity contribution in [1.82, 2.24) is 10.3 Å². The first-order chi connectivity index (χ1) is 7.69. The van der Waals surface area contributed by atoms with E-state index in [9.17, 15) is 4.79 Å². The minimum atomic E-state index is -0.417. The van der Waals surface area contributed by atoms with Crippen molar-refractivity contribution < 1.29 is 13.9 Å². The molecule has 1 heterocycles. The molecule has 3 N–H and O–H groups in total. The fourth-order valence-electron chi connectivity index (χ4n) is 1.34. The molecule has 1 amide bonds. The number of rotatable bonds is 6. The van der Waals surface area contributed by atoms with Crippen molar-refractivity contribution >= 4 is 5.91 Å². The first-order valence-corrected chi connectivity index (χ1v) is 4.93. The number of nitrogen functional groups attached to an aromatic ring is 1. The lowest BCUT2D eigenvalue weighted by molar-refractivity contribution is 0.0923. The van der Waals surface area contributed by atoms with Crippen molar-refractivity contribution in [2.45, 2.75) is 6.54 Å². The van der Waals surface area contributed by atoms with Crippen LogP contribution in [0.2, 0.25) is 0 Å². The third kappa shape index (κ3) is 3.34. The van der Waals surface area contributed by atoms with Gasteiger partial charge in [-0.1, -0.05) is 0 Å². The molecule has 0 aliphatic rings. The molecule has 0 saturated heterocycles. The smallest absolute Gasteiger partial charge is 0.301 e. The standard InChI is InChI=1S/C10H17N3O3/c1-13(4-6-15-2)7-8-3-5-16-9(8)10(14)12-11/h3,5H,4,6-7,11H2,1-2H3,(H,12,14). The van der Waals surface area contributed by atoms with Gasteiger partial charge in [0.1, 0.15) is 0 Å². The molecule has 0 radical (unpaired) electrons. The van der Waals surface area contributed by atoms with Gasteiger partial charge in [-0.2, -0.15) is 0 Å². The van der Waals surface area contributed by atoms with Crippen molar-refractivity contribution in [3.63, 3.8) is 0 Å². The summed E-state index contributed by atoms with van der Waals surface area (Å²) in [6, 6.07) is 1.76. The molecule has 0 aliphatic heterocycles. The molecule has 6 heteroatoms. The van der Waals surface area contributed by atoms with E-state index in [4.69, 9.17) is 15.0 Å². The highest BCUT2D eigenvalue weighted by molar-refractivity contribution is 5.92. The number of nitrogens with zero attached hydrogens (tertiary/aromatic N) is 1. The summed E-state index contributed by atoms with van der Waals surface area (Å²) in [4.78, 5) is 13.3. The second-order valence-corrected chi connectivity index (χ2v) is 3.48. The number of nitrogens with two attached hydrogens (primary N) is 1. The summed E-state index contributed by atoms with van der Waals surface area (Å²) in [5.74, 6) is 4.89. The summed E-state index contributed by atoms with van der Waals surface area (Å²) in [6.45, 7) is 2.04. The fraction of sp³-hybridized carbons (Fsp3) is 0.500. The van der Waals surface area contributed by atoms with E-state index >= 15 is 0 Å². The summed E-state index contributed by atoms with van der Waals surface area (Å²) >= 11 is 0. The number of hydrazine groups is 1. The zero-order valence-electron chi connectivity index (χ0n) is 9.53. The minimum absolute atomic E-state index is 0.256. The molecule has 0 spiro atoms. The number of amides is 1. The Kier molecular flexibility index (Phi) is 4.97. The Morgan fingerprint density at radius 3 is 3.06 bits per heavy atom. The number of methoxy groups -OCH3 is 1. The van der Waals surface area contributed by atoms with Crippen molar-refractivity contribution in [1.29, 1.82) is 0 Å². The molecule has 0 unspecified atom stereocenters. The fourth-order valence-corrected chi connectivity index (χ4v) is 1.34. The Morgan fingerprint density at radius 2 is 2.44 bits per heavy atom. The number of nitrogens with one attached hydrogen (secondary N) is 1. The third-order valence-corrected chi connectivity index (χ3v) is 2.20. The maximum atomic E-state index is 11.3. The van der Waals surface area contributed by atoms with E-state index < -0.39 is 5.91 Å². The molecule has 6 nitrogen and oxygen atoms in total. The maximum absolute atomic E-state index is 11.3. The molecule has 1 aromatic rings. The Balaban J connectivity index is 2.59. The lowest BCUT2D eigenvalue weighted by atomic mass is 10.2. The lowest BCUT2D eigenvalue weighted by Crippen LogP contribution is -2.31. The molecule has 0 aliphatic carbocycles. The van der Waals surface area contributed by atoms with E-state index in [1.165, 1.54) is 6.26 Å². The number of likely N-dealkylation sites (N-methyl/N-ethyl adjacent to an activating group) is 1. The molecule has 0 aromatic carbocycles. The Morgan fingerprint density at radius 1 is 1.69 bits per heavy atom. The average molecular weight is 227 g/mol. The van der Waals surface area contributed by atoms with Crippen LogP contribution in [0.1, 0.15) is 16.1 Å². The number of hydrogen-bond acceptors (Lipinski definition) is 5. The van der Waals surface area contributed by atoms with Gasteiger partial charge < -0.3 is 9.15 Å². The van der Waals surface area contributed by atoms with Crippen LogP contribution in [0.15, 0.2) is 16.7 Å². The van der Waals surface area contributed by atoms with Gasteiger partial charge in [0.15, 0.2) is 5.76 Å². The van der Waals surface area contributed by atoms with E-state index in [0.717, 1.165) is 12.1 Å². The summed E-state index contributed by atoms with van der Waals surface area (Å²) in [7, 11) is 3.59. The Bertz CT molecular complexity index is 338. The molecule has 0 bridgehead atoms. The molecular formula is C10H17N3O3. The van der Waals surface area contributed by atoms with Crippen LogP contribution in [-0.2, 0) is 11.3 Å². The van der Waals surface area contributed by atoms with Gasteiger partial charge in [-0.05, 0) is 13.1 Å². The predicted molar refractivity (Wildman–Crippen MR) is 58.6 cm³/mol. The highest BCUT2D eigenvalue weighted by atomic mass is 16.5. The van der Waals surface area contributed by atoms with Crippen molar-refractivity contribution in [2.75, 3.05) is 27.3 Å². The van der Waals surface area contributed by atoms with Gasteiger partial charge >= 0.3 is 5.91 Å². The molecular weight excluding hydrogens is 210 g/mol. The van der Waals surface area contributed by atoms with Crippen molar-refractivity contribution in [2.24, 2.45) is 5.84 Å². The van der Waals surface area contributed by atoms with Gasteiger partial charge in [-0.25, -0.2) is 5.84 Å². The SMILES string of the molecule is COCCN(C)Cc1ccoc1C(=O)NN. The van der Waals surface area contributed by atoms with E-state index in [2.05, 4.69) is 0 Å². The number of carbonyl (C=O) groups is 1. The van der Waals surface area contributed by atoms with Gasteiger partial charge in [-0.15, -0.1) is 0 Å². The van der Waals surface area contributed by atoms with Crippen LogP contribution in [0.3, 0.4) is 0 Å². The highest BCUT2D eigenvalue weighted by Gasteiger charge is 2.15. The number of hydrogen-bond donors (Lipinski definition) is 2. The lowest BCUT2D eigenvalue weighted by Gasteiger charge is -2.15. The molecule has 0 atom stereocenters. The molecule has 1 aromatic heterocycles. The number of furan rings is 1. The summed E-state index contributed by atoms with van der Waals surface area (Å²) < 4.78 is 10.0. The summed E-state index contributed by atoms with van der Waals surface area (Å²) in [6.07, 6.45) is 1.48. The molecule has 1 rings (SSSR count). The van der Waals surface area contributed by atoms with Crippen LogP contribution >= 0.6 is 0 Å². The topological polar surface area (TPSA) is 80.7 Å². The summed E-state index contributed by atoms with van der Waals surface area (Å²) in [5.41, 5.74) is 2.86. The summed E-state index contributed by atoms with van der Waals surface area (Å²) in [5, 5.41) is 0. The predicted octanol–water partition coefficient (Wildman–Crippen LogP) is -0.0387. The first kappa shape index (κ1) is 12.7. The molecule has 0 saturated carbocycles. The number of ether oxygens (including phenoxy) is 1. The van der Waals surface area contributed by atoms with Crippen LogP contribution < -0.4 is 11.3 Å². The zero-order valence-corrected chi connectivity index (χ0v) is 9.53. The molecule has 90 valence electrons. The van der Waals surface area contributed by atoms with Crippen LogP contribution in [0.5, 0.6) is 0 Å². The van der Waals surface area contributed by atoms with Gasteiger partial charge in [0.05, 0.1) is 12.9 Å². The molecule has 0 fully saturated rings. The van der Waals surface area contributed by atoms with Crippen LogP contribution in [0.25, 0.3) is 0 Å². The van der Waals surface area contributed by atoms with Crippen LogP contribution in [-0.4, -0.2) is 38.1 Å². The normalized spacial score (nSPS) is 10.8. The van der Waals surface area contributed by atoms with E-state index in [-0.39, 0.29) is 5.76 Å². The van der Waals surface area contributed by atoms with Gasteiger partial charge in [-0.3, -0.25) is 15.1 Å². The quantitative estimate of drug-likeness (QED) is 0.405. The molecule has 16 heavy (non-hydrogen) atoms. The second-order valence-electron chi connectivity index (χ2n) is 3.48. The maximum Gasteiger partial charge on any atom is 0.301 e. The van der Waals surface area contributed by atoms with E-state index in [1.807, 2.05) is 17.4 Å². The van der Waals surface area contributed by atoms with Crippen molar-refractivity contribution in [3.05, 3.63) is 23.7 Å². The first-order valence-electron chi connectivity index (χ1n) is 4.93. The third-order valence-electron chi connectivity index (χ3n) is 2.20. The van der Waals surface area contributed by atoms with Crippen LogP contribution in [0.4, 0.5) is 0 Å². The zero-order chi connectivity index (χ0) is 12.0. The van der Waals surface area contributed by atoms with E-state index in [0.29, 0.717) is 13.2 Å². The van der Waals surface area contributed by atoms with Gasteiger partial charge in [0.2, 0.25) is 0 Å². The van der Waals surface area contributed by atoms with E-state index in [1.54, 1.807) is 13.2 Å². The highest BCUT2D eigenvalue weighted by Crippen LogP contribution is 2.12. The van der Waals surface area contributed by atoms with Crippen LogP contribution in [0, 0.1) is 0 Å². The largest absolute Gasteiger partial charge is 0.459 e. The second kappa shape index (κ2) is 6.26. The Hall–Kier alpha value is -1.37.